The predicted molar refractivity (Wildman–Crippen MR) is 86.6 cm³/mol. The average molecular weight is 298 g/mol. The Kier molecular flexibility index (Phi) is 3.41. The Morgan fingerprint density at radius 2 is 1.64 bits per heavy atom. The lowest BCUT2D eigenvalue weighted by Crippen LogP contribution is -2.60. The van der Waals surface area contributed by atoms with E-state index in [-0.39, 0.29) is 5.41 Å². The van der Waals surface area contributed by atoms with Gasteiger partial charge in [0.05, 0.1) is 6.10 Å². The first kappa shape index (κ1) is 14.4. The molecule has 0 radical (unpaired) electrons. The lowest BCUT2D eigenvalue weighted by Gasteiger charge is -2.63. The second kappa shape index (κ2) is 5.19. The molecule has 4 aliphatic carbocycles. The molecule has 4 fully saturated rings. The van der Waals surface area contributed by atoms with E-state index in [1.807, 2.05) is 7.11 Å². The molecule has 0 N–H and O–H groups in total. The topological polar surface area (TPSA) is 26.3 Å². The summed E-state index contributed by atoms with van der Waals surface area (Å²) >= 11 is 0. The number of methoxy groups -OCH3 is 1. The third-order valence-corrected chi connectivity index (χ3v) is 6.86. The van der Waals surface area contributed by atoms with Crippen LogP contribution in [0, 0.1) is 23.7 Å². The summed E-state index contributed by atoms with van der Waals surface area (Å²) < 4.78 is 5.82. The highest BCUT2D eigenvalue weighted by atomic mass is 16.5. The highest BCUT2D eigenvalue weighted by Crippen LogP contribution is 2.64. The van der Waals surface area contributed by atoms with E-state index in [2.05, 4.69) is 30.3 Å². The van der Waals surface area contributed by atoms with E-state index in [0.717, 1.165) is 18.3 Å². The van der Waals surface area contributed by atoms with Crippen molar-refractivity contribution in [2.45, 2.75) is 50.5 Å². The van der Waals surface area contributed by atoms with Gasteiger partial charge in [0.15, 0.2) is 0 Å². The minimum Gasteiger partial charge on any atom is -0.381 e. The van der Waals surface area contributed by atoms with Crippen LogP contribution in [-0.4, -0.2) is 19.0 Å². The molecule has 4 bridgehead atoms. The number of ketones is 1. The van der Waals surface area contributed by atoms with Gasteiger partial charge in [0.1, 0.15) is 5.78 Å². The van der Waals surface area contributed by atoms with Gasteiger partial charge in [0.2, 0.25) is 0 Å². The summed E-state index contributed by atoms with van der Waals surface area (Å²) in [4.78, 5) is 12.1. The van der Waals surface area contributed by atoms with Gasteiger partial charge in [-0.15, -0.1) is 0 Å². The Morgan fingerprint density at radius 3 is 2.09 bits per heavy atom. The van der Waals surface area contributed by atoms with E-state index in [4.69, 9.17) is 4.74 Å². The van der Waals surface area contributed by atoms with Gasteiger partial charge in [-0.05, 0) is 61.8 Å². The van der Waals surface area contributed by atoms with Crippen molar-refractivity contribution in [3.8, 4) is 0 Å². The first-order valence-corrected chi connectivity index (χ1v) is 8.73. The molecule has 0 spiro atoms. The van der Waals surface area contributed by atoms with Crippen LogP contribution in [0.3, 0.4) is 0 Å². The zero-order chi connectivity index (χ0) is 15.3. The number of carbonyl (C=O) groups excluding carboxylic acids is 1. The molecule has 4 saturated carbocycles. The summed E-state index contributed by atoms with van der Waals surface area (Å²) in [6.45, 7) is 1.77. The number of benzene rings is 1. The number of carbonyl (C=O) groups is 1. The van der Waals surface area contributed by atoms with Gasteiger partial charge in [0.25, 0.3) is 0 Å². The van der Waals surface area contributed by atoms with Crippen LogP contribution < -0.4 is 0 Å². The summed E-state index contributed by atoms with van der Waals surface area (Å²) in [5, 5.41) is 0. The van der Waals surface area contributed by atoms with E-state index in [1.165, 1.54) is 31.2 Å². The largest absolute Gasteiger partial charge is 0.381 e. The standard InChI is InChI=1S/C20H26O2/c1-13(21)12-20(16-6-4-3-5-7-16)17-8-14-9-18(20)11-15(10-17)19(14)22-2/h3-7,14-15,17-19H,8-12H2,1-2H3. The van der Waals surface area contributed by atoms with Crippen molar-refractivity contribution < 1.29 is 9.53 Å². The lowest BCUT2D eigenvalue weighted by atomic mass is 9.42. The molecule has 0 saturated heterocycles. The molecule has 22 heavy (non-hydrogen) atoms. The van der Waals surface area contributed by atoms with Gasteiger partial charge >= 0.3 is 0 Å². The van der Waals surface area contributed by atoms with Crippen LogP contribution in [0.4, 0.5) is 0 Å². The fourth-order valence-electron chi connectivity index (χ4n) is 6.35. The van der Waals surface area contributed by atoms with Crippen molar-refractivity contribution in [3.05, 3.63) is 35.9 Å². The average Bonchev–Trinajstić information content (AvgIpc) is 2.50. The number of hydrogen-bond donors (Lipinski definition) is 0. The van der Waals surface area contributed by atoms with Crippen molar-refractivity contribution in [1.29, 1.82) is 0 Å². The molecule has 1 aromatic carbocycles. The molecule has 0 aromatic heterocycles. The second-order valence-corrected chi connectivity index (χ2v) is 7.84. The van der Waals surface area contributed by atoms with Crippen molar-refractivity contribution in [3.63, 3.8) is 0 Å². The maximum absolute atomic E-state index is 12.1. The molecular weight excluding hydrogens is 272 g/mol. The minimum atomic E-state index is 0.0960. The molecule has 4 aliphatic rings. The monoisotopic (exact) mass is 298 g/mol. The number of rotatable bonds is 4. The number of hydrogen-bond acceptors (Lipinski definition) is 2. The van der Waals surface area contributed by atoms with E-state index in [1.54, 1.807) is 6.92 Å². The van der Waals surface area contributed by atoms with Gasteiger partial charge in [-0.1, -0.05) is 30.3 Å². The quantitative estimate of drug-likeness (QED) is 0.840. The first-order valence-electron chi connectivity index (χ1n) is 8.73. The van der Waals surface area contributed by atoms with E-state index in [0.29, 0.717) is 23.7 Å². The Balaban J connectivity index is 1.77. The van der Waals surface area contributed by atoms with Crippen LogP contribution in [-0.2, 0) is 14.9 Å². The number of Topliss-reactive ketones (excluding diaryl/α,β-unsaturated/α-hetero) is 1. The van der Waals surface area contributed by atoms with Gasteiger partial charge in [-0.2, -0.15) is 0 Å². The molecule has 0 unspecified atom stereocenters. The molecule has 0 aliphatic heterocycles. The summed E-state index contributed by atoms with van der Waals surface area (Å²) in [5.41, 5.74) is 1.51. The fraction of sp³-hybridized carbons (Fsp3) is 0.650. The lowest BCUT2D eigenvalue weighted by molar-refractivity contribution is -0.154. The smallest absolute Gasteiger partial charge is 0.130 e. The van der Waals surface area contributed by atoms with Crippen LogP contribution in [0.2, 0.25) is 0 Å². The predicted octanol–water partition coefficient (Wildman–Crippen LogP) is 3.98. The molecular formula is C20H26O2. The number of ether oxygens (including phenoxy) is 1. The van der Waals surface area contributed by atoms with E-state index in [9.17, 15) is 4.79 Å². The molecule has 2 heteroatoms. The Hall–Kier alpha value is -1.15. The minimum absolute atomic E-state index is 0.0960. The Labute approximate surface area is 133 Å². The van der Waals surface area contributed by atoms with Gasteiger partial charge in [-0.3, -0.25) is 4.79 Å². The maximum Gasteiger partial charge on any atom is 0.130 e. The van der Waals surface area contributed by atoms with Crippen LogP contribution in [0.5, 0.6) is 0 Å². The first-order chi connectivity index (χ1) is 10.6. The van der Waals surface area contributed by atoms with E-state index < -0.39 is 0 Å². The zero-order valence-corrected chi connectivity index (χ0v) is 13.6. The van der Waals surface area contributed by atoms with Crippen LogP contribution in [0.25, 0.3) is 0 Å². The third-order valence-electron chi connectivity index (χ3n) is 6.86. The highest BCUT2D eigenvalue weighted by Gasteiger charge is 2.60. The van der Waals surface area contributed by atoms with Crippen molar-refractivity contribution in [2.24, 2.45) is 23.7 Å². The Morgan fingerprint density at radius 1 is 1.09 bits per heavy atom. The summed E-state index contributed by atoms with van der Waals surface area (Å²) in [7, 11) is 1.88. The van der Waals surface area contributed by atoms with Crippen LogP contribution >= 0.6 is 0 Å². The SMILES string of the molecule is COC1C2CC3CC1CC(C2)C3(CC(C)=O)c1ccccc1. The van der Waals surface area contributed by atoms with Crippen molar-refractivity contribution in [2.75, 3.05) is 7.11 Å². The zero-order valence-electron chi connectivity index (χ0n) is 13.6. The fourth-order valence-corrected chi connectivity index (χ4v) is 6.35. The van der Waals surface area contributed by atoms with E-state index >= 15 is 0 Å². The molecule has 5 rings (SSSR count). The third kappa shape index (κ3) is 1.93. The summed E-state index contributed by atoms with van der Waals surface area (Å²) in [5.74, 6) is 3.10. The summed E-state index contributed by atoms with van der Waals surface area (Å²) in [6, 6.07) is 10.9. The Bertz CT molecular complexity index is 532. The second-order valence-electron chi connectivity index (χ2n) is 7.84. The van der Waals surface area contributed by atoms with Crippen LogP contribution in [0.15, 0.2) is 30.3 Å². The van der Waals surface area contributed by atoms with Crippen molar-refractivity contribution in [1.82, 2.24) is 0 Å². The van der Waals surface area contributed by atoms with Crippen LogP contribution in [0.1, 0.15) is 44.6 Å². The van der Waals surface area contributed by atoms with Gasteiger partial charge < -0.3 is 4.74 Å². The van der Waals surface area contributed by atoms with Gasteiger partial charge in [-0.25, -0.2) is 0 Å². The maximum atomic E-state index is 12.1. The molecule has 118 valence electrons. The molecule has 0 amide bonds. The summed E-state index contributed by atoms with van der Waals surface area (Å²) in [6.07, 6.45) is 6.17. The highest BCUT2D eigenvalue weighted by molar-refractivity contribution is 5.77. The molecule has 0 heterocycles. The van der Waals surface area contributed by atoms with Crippen molar-refractivity contribution >= 4 is 5.78 Å². The molecule has 0 atom stereocenters. The molecule has 1 aromatic rings. The molecule has 2 nitrogen and oxygen atoms in total. The van der Waals surface area contributed by atoms with Gasteiger partial charge in [0, 0.05) is 18.9 Å². The normalized spacial score (nSPS) is 42.5.